The first kappa shape index (κ1) is 19.5. The van der Waals surface area contributed by atoms with E-state index in [2.05, 4.69) is 15.3 Å². The Hall–Kier alpha value is -3.26. The predicted molar refractivity (Wildman–Crippen MR) is 108 cm³/mol. The standard InChI is InChI=1S/C20H19N3O4S/c1-13(19(26)21-14-7-9-16(24)10-8-14)28-20-22-15(11-18(25)23-20)12-27-17-5-3-2-4-6-17/h2-11,13,24H,12H2,1H3,(H,21,26)(H,22,23,25). The van der Waals surface area contributed by atoms with Crippen LogP contribution in [0.2, 0.25) is 0 Å². The van der Waals surface area contributed by atoms with Crippen LogP contribution in [0, 0.1) is 0 Å². The Morgan fingerprint density at radius 1 is 1.21 bits per heavy atom. The molecule has 0 aliphatic heterocycles. The lowest BCUT2D eigenvalue weighted by Crippen LogP contribution is -2.23. The molecule has 28 heavy (non-hydrogen) atoms. The number of rotatable bonds is 7. The molecule has 1 atom stereocenters. The van der Waals surface area contributed by atoms with Crippen molar-refractivity contribution in [3.05, 3.63) is 76.7 Å². The van der Waals surface area contributed by atoms with Gasteiger partial charge < -0.3 is 20.1 Å². The fourth-order valence-corrected chi connectivity index (χ4v) is 3.13. The quantitative estimate of drug-likeness (QED) is 0.321. The van der Waals surface area contributed by atoms with Crippen LogP contribution in [0.25, 0.3) is 0 Å². The molecule has 1 amide bonds. The number of anilines is 1. The van der Waals surface area contributed by atoms with E-state index in [0.29, 0.717) is 22.3 Å². The van der Waals surface area contributed by atoms with E-state index in [4.69, 9.17) is 4.74 Å². The summed E-state index contributed by atoms with van der Waals surface area (Å²) >= 11 is 1.14. The lowest BCUT2D eigenvalue weighted by molar-refractivity contribution is -0.115. The third kappa shape index (κ3) is 5.62. The Bertz CT molecular complexity index is 990. The van der Waals surface area contributed by atoms with Crippen molar-refractivity contribution >= 4 is 23.4 Å². The number of aromatic hydroxyl groups is 1. The molecule has 7 nitrogen and oxygen atoms in total. The minimum absolute atomic E-state index is 0.122. The number of para-hydroxylation sites is 1. The minimum Gasteiger partial charge on any atom is -0.508 e. The van der Waals surface area contributed by atoms with Crippen LogP contribution >= 0.6 is 11.8 Å². The van der Waals surface area contributed by atoms with Crippen LogP contribution in [0.5, 0.6) is 11.5 Å². The summed E-state index contributed by atoms with van der Waals surface area (Å²) in [6, 6.07) is 16.8. The normalized spacial score (nSPS) is 11.6. The largest absolute Gasteiger partial charge is 0.508 e. The Balaban J connectivity index is 1.62. The highest BCUT2D eigenvalue weighted by molar-refractivity contribution is 8.00. The van der Waals surface area contributed by atoms with Crippen molar-refractivity contribution in [2.75, 3.05) is 5.32 Å². The summed E-state index contributed by atoms with van der Waals surface area (Å²) in [5.41, 5.74) is 0.735. The highest BCUT2D eigenvalue weighted by atomic mass is 32.2. The number of amides is 1. The molecule has 0 fully saturated rings. The second-order valence-electron chi connectivity index (χ2n) is 5.94. The van der Waals surface area contributed by atoms with Gasteiger partial charge in [-0.05, 0) is 43.3 Å². The van der Waals surface area contributed by atoms with Crippen LogP contribution in [-0.4, -0.2) is 26.2 Å². The SMILES string of the molecule is CC(Sc1nc(COc2ccccc2)cc(=O)[nH]1)C(=O)Nc1ccc(O)cc1. The summed E-state index contributed by atoms with van der Waals surface area (Å²) in [6.45, 7) is 1.86. The Morgan fingerprint density at radius 3 is 2.64 bits per heavy atom. The number of phenolic OH excluding ortho intramolecular Hbond substituents is 1. The van der Waals surface area contributed by atoms with Crippen molar-refractivity contribution in [2.45, 2.75) is 23.9 Å². The first-order valence-corrected chi connectivity index (χ1v) is 9.42. The van der Waals surface area contributed by atoms with Gasteiger partial charge in [0, 0.05) is 11.8 Å². The number of benzene rings is 2. The first-order valence-electron chi connectivity index (χ1n) is 8.54. The van der Waals surface area contributed by atoms with Crippen molar-refractivity contribution < 1.29 is 14.6 Å². The summed E-state index contributed by atoms with van der Waals surface area (Å²) in [4.78, 5) is 31.2. The zero-order chi connectivity index (χ0) is 19.9. The van der Waals surface area contributed by atoms with Gasteiger partial charge in [-0.15, -0.1) is 0 Å². The maximum absolute atomic E-state index is 12.3. The fraction of sp³-hybridized carbons (Fsp3) is 0.150. The van der Waals surface area contributed by atoms with E-state index in [9.17, 15) is 14.7 Å². The van der Waals surface area contributed by atoms with Gasteiger partial charge in [-0.2, -0.15) is 0 Å². The van der Waals surface area contributed by atoms with Crippen LogP contribution in [0.15, 0.2) is 70.6 Å². The summed E-state index contributed by atoms with van der Waals surface area (Å²) < 4.78 is 5.62. The monoisotopic (exact) mass is 397 g/mol. The Kier molecular flexibility index (Phi) is 6.33. The third-order valence-corrected chi connectivity index (χ3v) is 4.68. The van der Waals surface area contributed by atoms with Crippen molar-refractivity contribution in [3.63, 3.8) is 0 Å². The molecule has 3 rings (SSSR count). The molecule has 0 saturated heterocycles. The molecule has 0 saturated carbocycles. The van der Waals surface area contributed by atoms with E-state index >= 15 is 0 Å². The number of carbonyl (C=O) groups is 1. The zero-order valence-electron chi connectivity index (χ0n) is 15.1. The highest BCUT2D eigenvalue weighted by Gasteiger charge is 2.16. The van der Waals surface area contributed by atoms with Crippen molar-refractivity contribution in [3.8, 4) is 11.5 Å². The summed E-state index contributed by atoms with van der Waals surface area (Å²) in [5, 5.41) is 11.9. The Labute approximate surface area is 165 Å². The molecule has 0 aliphatic rings. The Morgan fingerprint density at radius 2 is 1.93 bits per heavy atom. The van der Waals surface area contributed by atoms with Gasteiger partial charge >= 0.3 is 0 Å². The van der Waals surface area contributed by atoms with Gasteiger partial charge in [0.25, 0.3) is 5.56 Å². The van der Waals surface area contributed by atoms with Gasteiger partial charge in [-0.1, -0.05) is 30.0 Å². The number of H-pyrrole nitrogens is 1. The number of nitrogens with one attached hydrogen (secondary N) is 2. The summed E-state index contributed by atoms with van der Waals surface area (Å²) in [5.74, 6) is 0.557. The van der Waals surface area contributed by atoms with E-state index < -0.39 is 5.25 Å². The molecule has 2 aromatic carbocycles. The molecular formula is C20H19N3O4S. The van der Waals surface area contributed by atoms with Crippen LogP contribution in [0.4, 0.5) is 5.69 Å². The molecule has 0 spiro atoms. The topological polar surface area (TPSA) is 104 Å². The number of aromatic nitrogens is 2. The van der Waals surface area contributed by atoms with Gasteiger partial charge in [-0.3, -0.25) is 9.59 Å². The fourth-order valence-electron chi connectivity index (χ4n) is 2.30. The average Bonchev–Trinajstić information content (AvgIpc) is 2.68. The van der Waals surface area contributed by atoms with Crippen molar-refractivity contribution in [1.29, 1.82) is 0 Å². The van der Waals surface area contributed by atoms with E-state index in [1.54, 1.807) is 19.1 Å². The molecule has 8 heteroatoms. The molecule has 1 unspecified atom stereocenters. The van der Waals surface area contributed by atoms with Crippen LogP contribution in [0.1, 0.15) is 12.6 Å². The van der Waals surface area contributed by atoms with Gasteiger partial charge in [0.2, 0.25) is 5.91 Å². The van der Waals surface area contributed by atoms with E-state index in [0.717, 1.165) is 11.8 Å². The number of carbonyl (C=O) groups excluding carboxylic acids is 1. The lowest BCUT2D eigenvalue weighted by Gasteiger charge is -2.12. The van der Waals surface area contributed by atoms with E-state index in [1.165, 1.54) is 18.2 Å². The smallest absolute Gasteiger partial charge is 0.251 e. The minimum atomic E-state index is -0.498. The second-order valence-corrected chi connectivity index (χ2v) is 7.27. The summed E-state index contributed by atoms with van der Waals surface area (Å²) in [7, 11) is 0. The van der Waals surface area contributed by atoms with Crippen LogP contribution < -0.4 is 15.6 Å². The van der Waals surface area contributed by atoms with Gasteiger partial charge in [0.15, 0.2) is 5.16 Å². The number of aromatic amines is 1. The zero-order valence-corrected chi connectivity index (χ0v) is 15.9. The second kappa shape index (κ2) is 9.09. The average molecular weight is 397 g/mol. The number of hydrogen-bond donors (Lipinski definition) is 3. The van der Waals surface area contributed by atoms with Gasteiger partial charge in [0.1, 0.15) is 18.1 Å². The molecule has 0 aliphatic carbocycles. The first-order chi connectivity index (χ1) is 13.5. The molecule has 144 valence electrons. The number of nitrogens with zero attached hydrogens (tertiary/aromatic N) is 1. The third-order valence-electron chi connectivity index (χ3n) is 3.70. The highest BCUT2D eigenvalue weighted by Crippen LogP contribution is 2.21. The number of thioether (sulfide) groups is 1. The van der Waals surface area contributed by atoms with E-state index in [1.807, 2.05) is 30.3 Å². The molecule has 3 aromatic rings. The van der Waals surface area contributed by atoms with Crippen molar-refractivity contribution in [2.24, 2.45) is 0 Å². The van der Waals surface area contributed by atoms with Crippen molar-refractivity contribution in [1.82, 2.24) is 9.97 Å². The lowest BCUT2D eigenvalue weighted by atomic mass is 10.3. The molecule has 1 heterocycles. The molecule has 0 radical (unpaired) electrons. The maximum Gasteiger partial charge on any atom is 0.251 e. The molecule has 1 aromatic heterocycles. The van der Waals surface area contributed by atoms with E-state index in [-0.39, 0.29) is 23.8 Å². The predicted octanol–water partition coefficient (Wildman–Crippen LogP) is 3.17. The van der Waals surface area contributed by atoms with Gasteiger partial charge in [-0.25, -0.2) is 4.98 Å². The van der Waals surface area contributed by atoms with Gasteiger partial charge in [0.05, 0.1) is 10.9 Å². The number of ether oxygens (including phenoxy) is 1. The number of hydrogen-bond acceptors (Lipinski definition) is 6. The maximum atomic E-state index is 12.3. The molecule has 3 N–H and O–H groups in total. The van der Waals surface area contributed by atoms with Crippen LogP contribution in [-0.2, 0) is 11.4 Å². The van der Waals surface area contributed by atoms with Crippen LogP contribution in [0.3, 0.4) is 0 Å². The molecular weight excluding hydrogens is 378 g/mol. The summed E-state index contributed by atoms with van der Waals surface area (Å²) in [6.07, 6.45) is 0. The number of phenols is 1. The molecule has 0 bridgehead atoms.